The lowest BCUT2D eigenvalue weighted by molar-refractivity contribution is 0.0533. The molecule has 1 N–H and O–H groups in total. The van der Waals surface area contributed by atoms with E-state index >= 15 is 0 Å². The van der Waals surface area contributed by atoms with Crippen LogP contribution in [-0.2, 0) is 0 Å². The van der Waals surface area contributed by atoms with Gasteiger partial charge in [-0.05, 0) is 43.0 Å². The molecule has 0 bridgehead atoms. The molecular weight excluding hydrogens is 430 g/mol. The summed E-state index contributed by atoms with van der Waals surface area (Å²) >= 11 is 0. The van der Waals surface area contributed by atoms with E-state index in [0.29, 0.717) is 24.7 Å². The number of nitrogens with one attached hydrogen (secondary N) is 1. The molecule has 10 heteroatoms. The molecule has 2 atom stereocenters. The number of hydrogen-bond acceptors (Lipinski definition) is 6. The first-order valence-electron chi connectivity index (χ1n) is 10.8. The summed E-state index contributed by atoms with van der Waals surface area (Å²) in [6, 6.07) is 9.76. The smallest absolute Gasteiger partial charge is 0.295 e. The molecule has 4 aromatic rings. The minimum atomic E-state index is -1.21. The fourth-order valence-electron chi connectivity index (χ4n) is 4.35. The van der Waals surface area contributed by atoms with Crippen LogP contribution in [0.4, 0.5) is 14.8 Å². The molecule has 0 spiro atoms. The van der Waals surface area contributed by atoms with Crippen LogP contribution in [0.5, 0.6) is 0 Å². The van der Waals surface area contributed by atoms with Crippen LogP contribution in [0.15, 0.2) is 53.2 Å². The predicted octanol–water partition coefficient (Wildman–Crippen LogP) is 4.04. The lowest BCUT2D eigenvalue weighted by Gasteiger charge is -2.40. The van der Waals surface area contributed by atoms with E-state index in [1.807, 2.05) is 31.2 Å². The zero-order chi connectivity index (χ0) is 22.9. The van der Waals surface area contributed by atoms with E-state index in [0.717, 1.165) is 29.2 Å². The molecule has 1 fully saturated rings. The standard InChI is InChI=1S/C23H22F2N6O2/c1-14-5-4-12-30(18(14)13-26-23-29-16-6-2-3-7-19(16)33-23)22(32)20-17(31-27-10-11-28-31)9-8-15(24)21(20)25/h2-3,6-11,14,18H,4-5,12-13H2,1H3,(H,26,29). The molecule has 33 heavy (non-hydrogen) atoms. The van der Waals surface area contributed by atoms with Crippen LogP contribution in [0, 0.1) is 17.6 Å². The number of benzene rings is 2. The van der Waals surface area contributed by atoms with Crippen molar-refractivity contribution in [3.8, 4) is 5.69 Å². The molecule has 3 heterocycles. The number of rotatable bonds is 5. The number of anilines is 1. The van der Waals surface area contributed by atoms with Crippen molar-refractivity contribution in [2.45, 2.75) is 25.8 Å². The first-order valence-corrected chi connectivity index (χ1v) is 10.8. The van der Waals surface area contributed by atoms with Gasteiger partial charge in [0.2, 0.25) is 0 Å². The van der Waals surface area contributed by atoms with E-state index in [-0.39, 0.29) is 23.2 Å². The summed E-state index contributed by atoms with van der Waals surface area (Å²) in [6.45, 7) is 2.81. The zero-order valence-electron chi connectivity index (χ0n) is 17.9. The zero-order valence-corrected chi connectivity index (χ0v) is 17.9. The number of hydrogen-bond donors (Lipinski definition) is 1. The van der Waals surface area contributed by atoms with Gasteiger partial charge in [-0.25, -0.2) is 8.78 Å². The van der Waals surface area contributed by atoms with Crippen molar-refractivity contribution in [3.05, 3.63) is 66.0 Å². The van der Waals surface area contributed by atoms with Crippen molar-refractivity contribution in [1.29, 1.82) is 0 Å². The fourth-order valence-corrected chi connectivity index (χ4v) is 4.35. The van der Waals surface area contributed by atoms with Crippen LogP contribution >= 0.6 is 0 Å². The molecule has 170 valence electrons. The second-order valence-corrected chi connectivity index (χ2v) is 8.13. The molecule has 0 saturated carbocycles. The summed E-state index contributed by atoms with van der Waals surface area (Å²) in [5, 5.41) is 11.1. The summed E-state index contributed by atoms with van der Waals surface area (Å²) in [5.74, 6) is -2.78. The number of fused-ring (bicyclic) bond motifs is 1. The maximum atomic E-state index is 14.9. The van der Waals surface area contributed by atoms with Gasteiger partial charge >= 0.3 is 0 Å². The van der Waals surface area contributed by atoms with E-state index in [4.69, 9.17) is 4.42 Å². The van der Waals surface area contributed by atoms with Crippen LogP contribution in [0.25, 0.3) is 16.8 Å². The minimum absolute atomic E-state index is 0.0905. The highest BCUT2D eigenvalue weighted by molar-refractivity contribution is 5.98. The minimum Gasteiger partial charge on any atom is -0.424 e. The van der Waals surface area contributed by atoms with Crippen LogP contribution in [-0.4, -0.2) is 49.9 Å². The van der Waals surface area contributed by atoms with Gasteiger partial charge in [0, 0.05) is 13.1 Å². The summed E-state index contributed by atoms with van der Waals surface area (Å²) < 4.78 is 34.8. The van der Waals surface area contributed by atoms with Gasteiger partial charge in [-0.15, -0.1) is 0 Å². The Bertz CT molecular complexity index is 1260. The van der Waals surface area contributed by atoms with E-state index in [2.05, 4.69) is 20.5 Å². The van der Waals surface area contributed by atoms with Crippen molar-refractivity contribution in [2.75, 3.05) is 18.4 Å². The Morgan fingerprint density at radius 3 is 2.76 bits per heavy atom. The molecule has 1 amide bonds. The van der Waals surface area contributed by atoms with E-state index in [9.17, 15) is 13.6 Å². The highest BCUT2D eigenvalue weighted by Crippen LogP contribution is 2.29. The fraction of sp³-hybridized carbons (Fsp3) is 0.304. The molecule has 0 radical (unpaired) electrons. The number of halogens is 2. The first kappa shape index (κ1) is 21.0. The maximum absolute atomic E-state index is 14.9. The van der Waals surface area contributed by atoms with Gasteiger partial charge in [0.15, 0.2) is 17.2 Å². The van der Waals surface area contributed by atoms with Crippen molar-refractivity contribution >= 4 is 23.0 Å². The Labute approximate surface area is 188 Å². The summed E-state index contributed by atoms with van der Waals surface area (Å²) in [4.78, 5) is 20.7. The first-order chi connectivity index (χ1) is 16.0. The van der Waals surface area contributed by atoms with Crippen molar-refractivity contribution in [1.82, 2.24) is 24.9 Å². The Morgan fingerprint density at radius 2 is 1.97 bits per heavy atom. The summed E-state index contributed by atoms with van der Waals surface area (Å²) in [6.07, 6.45) is 4.48. The molecule has 1 aliphatic heterocycles. The summed E-state index contributed by atoms with van der Waals surface area (Å²) in [7, 11) is 0. The molecule has 1 aliphatic rings. The lowest BCUT2D eigenvalue weighted by atomic mass is 9.90. The number of para-hydroxylation sites is 2. The number of piperidine rings is 1. The maximum Gasteiger partial charge on any atom is 0.295 e. The molecule has 1 saturated heterocycles. The van der Waals surface area contributed by atoms with Gasteiger partial charge in [0.25, 0.3) is 11.9 Å². The van der Waals surface area contributed by atoms with Crippen LogP contribution in [0.2, 0.25) is 0 Å². The third-order valence-corrected chi connectivity index (χ3v) is 6.05. The number of nitrogens with zero attached hydrogens (tertiary/aromatic N) is 5. The second kappa shape index (κ2) is 8.61. The normalized spacial score (nSPS) is 18.6. The Morgan fingerprint density at radius 1 is 1.18 bits per heavy atom. The quantitative estimate of drug-likeness (QED) is 0.492. The van der Waals surface area contributed by atoms with Crippen LogP contribution < -0.4 is 5.32 Å². The molecule has 0 aliphatic carbocycles. The molecule has 5 rings (SSSR count). The van der Waals surface area contributed by atoms with Gasteiger partial charge in [0.1, 0.15) is 16.8 Å². The van der Waals surface area contributed by atoms with Gasteiger partial charge < -0.3 is 14.6 Å². The van der Waals surface area contributed by atoms with Gasteiger partial charge in [-0.1, -0.05) is 19.1 Å². The molecule has 2 aromatic heterocycles. The molecule has 2 unspecified atom stereocenters. The van der Waals surface area contributed by atoms with Gasteiger partial charge in [-0.2, -0.15) is 20.0 Å². The predicted molar refractivity (Wildman–Crippen MR) is 117 cm³/mol. The average Bonchev–Trinajstić information content (AvgIpc) is 3.49. The van der Waals surface area contributed by atoms with E-state index < -0.39 is 17.5 Å². The number of aromatic nitrogens is 4. The number of carbonyl (C=O) groups is 1. The third-order valence-electron chi connectivity index (χ3n) is 6.05. The highest BCUT2D eigenvalue weighted by Gasteiger charge is 2.35. The van der Waals surface area contributed by atoms with E-state index in [1.54, 1.807) is 4.90 Å². The highest BCUT2D eigenvalue weighted by atomic mass is 19.2. The Hall–Kier alpha value is -3.82. The van der Waals surface area contributed by atoms with Gasteiger partial charge in [0.05, 0.1) is 18.4 Å². The van der Waals surface area contributed by atoms with Crippen molar-refractivity contribution < 1.29 is 18.0 Å². The topological polar surface area (TPSA) is 89.1 Å². The van der Waals surface area contributed by atoms with Crippen molar-refractivity contribution in [2.24, 2.45) is 5.92 Å². The van der Waals surface area contributed by atoms with Crippen LogP contribution in [0.3, 0.4) is 0 Å². The SMILES string of the molecule is CC1CCCN(C(=O)c2c(-n3nccn3)ccc(F)c2F)C1CNc1nc2ccccc2o1. The largest absolute Gasteiger partial charge is 0.424 e. The molecular formula is C23H22F2N6O2. The number of carbonyl (C=O) groups excluding carboxylic acids is 1. The van der Waals surface area contributed by atoms with Crippen LogP contribution in [0.1, 0.15) is 30.1 Å². The van der Waals surface area contributed by atoms with E-state index in [1.165, 1.54) is 18.5 Å². The average molecular weight is 452 g/mol. The monoisotopic (exact) mass is 452 g/mol. The second-order valence-electron chi connectivity index (χ2n) is 8.13. The third kappa shape index (κ3) is 3.92. The van der Waals surface area contributed by atoms with Gasteiger partial charge in [-0.3, -0.25) is 4.79 Å². The number of oxazole rings is 1. The molecule has 2 aromatic carbocycles. The summed E-state index contributed by atoms with van der Waals surface area (Å²) in [5.41, 5.74) is 1.09. The Kier molecular flexibility index (Phi) is 5.49. The lowest BCUT2D eigenvalue weighted by Crippen LogP contribution is -2.51. The molecule has 8 nitrogen and oxygen atoms in total. The van der Waals surface area contributed by atoms with Crippen molar-refractivity contribution in [3.63, 3.8) is 0 Å². The Balaban J connectivity index is 1.44. The number of likely N-dealkylation sites (tertiary alicyclic amines) is 1. The number of amides is 1.